The molecule has 32 heavy (non-hydrogen) atoms. The van der Waals surface area contributed by atoms with Crippen LogP contribution in [0.1, 0.15) is 17.7 Å². The maximum atomic E-state index is 12.5. The molecule has 0 spiro atoms. The third-order valence-electron chi connectivity index (χ3n) is 4.84. The molecule has 2 aromatic carbocycles. The monoisotopic (exact) mass is 452 g/mol. The number of nitrogen functional groups attached to an aromatic ring is 1. The number of aryl methyl sites for hydroxylation is 1. The number of carbonyl (C=O) groups excluding carboxylic acids is 1. The van der Waals surface area contributed by atoms with Crippen LogP contribution in [0.2, 0.25) is 0 Å². The number of aromatic nitrogens is 2. The lowest BCUT2D eigenvalue weighted by atomic mass is 10.1. The van der Waals surface area contributed by atoms with Gasteiger partial charge in [-0.3, -0.25) is 4.79 Å². The molecule has 3 N–H and O–H groups in total. The highest BCUT2D eigenvalue weighted by molar-refractivity contribution is 7.89. The number of benzene rings is 2. The lowest BCUT2D eigenvalue weighted by Gasteiger charge is -2.16. The van der Waals surface area contributed by atoms with Gasteiger partial charge in [0.05, 0.1) is 22.8 Å². The van der Waals surface area contributed by atoms with Crippen molar-refractivity contribution in [2.24, 2.45) is 0 Å². The van der Waals surface area contributed by atoms with Crippen LogP contribution in [-0.2, 0) is 21.2 Å². The lowest BCUT2D eigenvalue weighted by molar-refractivity contribution is -0.121. The third kappa shape index (κ3) is 5.14. The summed E-state index contributed by atoms with van der Waals surface area (Å²) in [4.78, 5) is 12.3. The number of rotatable bonds is 9. The molecule has 1 amide bonds. The summed E-state index contributed by atoms with van der Waals surface area (Å²) in [6, 6.07) is 19.3. The van der Waals surface area contributed by atoms with E-state index in [1.165, 1.54) is 23.9 Å². The van der Waals surface area contributed by atoms with Gasteiger partial charge in [-0.1, -0.05) is 36.4 Å². The number of carbonyl (C=O) groups is 1. The van der Waals surface area contributed by atoms with E-state index in [0.29, 0.717) is 30.6 Å². The van der Waals surface area contributed by atoms with Crippen molar-refractivity contribution >= 4 is 21.7 Å². The van der Waals surface area contributed by atoms with Crippen LogP contribution in [0.15, 0.2) is 65.6 Å². The number of anilines is 1. The minimum atomic E-state index is -3.74. The first-order valence-electron chi connectivity index (χ1n) is 9.95. The molecule has 0 aliphatic heterocycles. The molecule has 10 heteroatoms. The molecule has 3 aromatic rings. The highest BCUT2D eigenvalue weighted by Gasteiger charge is 2.22. The minimum Gasteiger partial charge on any atom is -0.382 e. The van der Waals surface area contributed by atoms with Crippen LogP contribution < -0.4 is 11.1 Å². The van der Waals surface area contributed by atoms with E-state index in [4.69, 9.17) is 5.73 Å². The number of nitrogens with zero attached hydrogens (tertiary/aromatic N) is 4. The van der Waals surface area contributed by atoms with Gasteiger partial charge in [-0.05, 0) is 37.1 Å². The van der Waals surface area contributed by atoms with Gasteiger partial charge in [0.25, 0.3) is 0 Å². The fourth-order valence-corrected chi connectivity index (χ4v) is 4.29. The van der Waals surface area contributed by atoms with Crippen molar-refractivity contribution in [3.63, 3.8) is 0 Å². The average molecular weight is 453 g/mol. The first-order chi connectivity index (χ1) is 15.3. The molecular weight excluding hydrogens is 428 g/mol. The third-order valence-corrected chi connectivity index (χ3v) is 6.65. The van der Waals surface area contributed by atoms with Crippen molar-refractivity contribution < 1.29 is 13.2 Å². The van der Waals surface area contributed by atoms with Gasteiger partial charge in [-0.15, -0.1) is 0 Å². The lowest BCUT2D eigenvalue weighted by Crippen LogP contribution is -2.38. The zero-order valence-electron chi connectivity index (χ0n) is 17.6. The van der Waals surface area contributed by atoms with Gasteiger partial charge in [-0.2, -0.15) is 14.7 Å². The Morgan fingerprint density at radius 2 is 1.78 bits per heavy atom. The van der Waals surface area contributed by atoms with E-state index < -0.39 is 15.9 Å². The largest absolute Gasteiger partial charge is 0.382 e. The Labute approximate surface area is 187 Å². The zero-order chi connectivity index (χ0) is 23.1. The molecule has 9 nitrogen and oxygen atoms in total. The Bertz CT molecular complexity index is 1220. The molecule has 1 aromatic heterocycles. The number of hydrogen-bond acceptors (Lipinski definition) is 6. The smallest absolute Gasteiger partial charge is 0.243 e. The normalized spacial score (nSPS) is 11.3. The second-order valence-corrected chi connectivity index (χ2v) is 9.14. The van der Waals surface area contributed by atoms with Crippen LogP contribution in [0.25, 0.3) is 5.69 Å². The summed E-state index contributed by atoms with van der Waals surface area (Å²) in [6.45, 7) is 0.0112. The molecule has 1 heterocycles. The van der Waals surface area contributed by atoms with Crippen molar-refractivity contribution in [1.29, 1.82) is 5.26 Å². The molecule has 0 fully saturated rings. The molecule has 0 bridgehead atoms. The highest BCUT2D eigenvalue weighted by atomic mass is 32.2. The van der Waals surface area contributed by atoms with Gasteiger partial charge in [-0.25, -0.2) is 13.1 Å². The number of nitriles is 1. The van der Waals surface area contributed by atoms with E-state index >= 15 is 0 Å². The summed E-state index contributed by atoms with van der Waals surface area (Å²) in [5.74, 6) is -0.146. The summed E-state index contributed by atoms with van der Waals surface area (Å²) >= 11 is 0. The Morgan fingerprint density at radius 3 is 2.41 bits per heavy atom. The summed E-state index contributed by atoms with van der Waals surface area (Å²) in [5, 5.41) is 16.6. The molecule has 166 valence electrons. The molecule has 0 aliphatic rings. The first-order valence-corrected chi connectivity index (χ1v) is 11.4. The van der Waals surface area contributed by atoms with Crippen molar-refractivity contribution in [2.75, 3.05) is 25.9 Å². The van der Waals surface area contributed by atoms with E-state index in [0.717, 1.165) is 9.99 Å². The number of likely N-dealkylation sites (N-methyl/N-ethyl adjacent to an activating group) is 1. The quantitative estimate of drug-likeness (QED) is 0.475. The van der Waals surface area contributed by atoms with E-state index in [9.17, 15) is 18.5 Å². The Balaban J connectivity index is 1.54. The summed E-state index contributed by atoms with van der Waals surface area (Å²) in [6.07, 6.45) is 0.951. The van der Waals surface area contributed by atoms with E-state index in [1.807, 2.05) is 30.3 Å². The van der Waals surface area contributed by atoms with E-state index in [2.05, 4.69) is 16.5 Å². The van der Waals surface area contributed by atoms with Crippen molar-refractivity contribution in [2.45, 2.75) is 17.7 Å². The van der Waals surface area contributed by atoms with Gasteiger partial charge >= 0.3 is 0 Å². The van der Waals surface area contributed by atoms with Crippen LogP contribution >= 0.6 is 0 Å². The van der Waals surface area contributed by atoms with Crippen LogP contribution in [0.5, 0.6) is 0 Å². The molecule has 3 rings (SSSR count). The highest BCUT2D eigenvalue weighted by Crippen LogP contribution is 2.21. The summed E-state index contributed by atoms with van der Waals surface area (Å²) in [7, 11) is -2.37. The van der Waals surface area contributed by atoms with E-state index in [1.54, 1.807) is 18.2 Å². The maximum Gasteiger partial charge on any atom is 0.243 e. The molecule has 0 saturated carbocycles. The van der Waals surface area contributed by atoms with Gasteiger partial charge in [0.1, 0.15) is 17.5 Å². The molecule has 0 unspecified atom stereocenters. The van der Waals surface area contributed by atoms with Crippen molar-refractivity contribution in [3.8, 4) is 11.8 Å². The van der Waals surface area contributed by atoms with Crippen LogP contribution in [0, 0.1) is 11.3 Å². The SMILES string of the molecule is CN(CC(=O)NCCCc1nn(-c2ccccc2)c(N)c1C#N)S(=O)(=O)c1ccccc1. The van der Waals surface area contributed by atoms with Gasteiger partial charge in [0, 0.05) is 13.6 Å². The number of amides is 1. The molecule has 0 saturated heterocycles. The Kier molecular flexibility index (Phi) is 7.25. The second-order valence-electron chi connectivity index (χ2n) is 7.09. The predicted octanol–water partition coefficient (Wildman–Crippen LogP) is 1.70. The summed E-state index contributed by atoms with van der Waals surface area (Å²) in [5.41, 5.74) is 7.70. The number of hydrogen-bond donors (Lipinski definition) is 2. The number of sulfonamides is 1. The first kappa shape index (κ1) is 23.0. The predicted molar refractivity (Wildman–Crippen MR) is 120 cm³/mol. The maximum absolute atomic E-state index is 12.5. The minimum absolute atomic E-state index is 0.130. The average Bonchev–Trinajstić information content (AvgIpc) is 3.13. The van der Waals surface area contributed by atoms with Gasteiger partial charge in [0.2, 0.25) is 15.9 Å². The van der Waals surface area contributed by atoms with Crippen LogP contribution in [-0.4, -0.2) is 48.5 Å². The topological polar surface area (TPSA) is 134 Å². The van der Waals surface area contributed by atoms with Gasteiger partial charge < -0.3 is 11.1 Å². The molecular formula is C22H24N6O3S. The number of nitrogens with two attached hydrogens (primary N) is 1. The fraction of sp³-hybridized carbons (Fsp3) is 0.227. The van der Waals surface area contributed by atoms with Gasteiger partial charge in [0.15, 0.2) is 0 Å². The van der Waals surface area contributed by atoms with Crippen molar-refractivity contribution in [1.82, 2.24) is 19.4 Å². The van der Waals surface area contributed by atoms with E-state index in [-0.39, 0.29) is 17.3 Å². The Hall–Kier alpha value is -3.68. The zero-order valence-corrected chi connectivity index (χ0v) is 18.4. The van der Waals surface area contributed by atoms with Crippen LogP contribution in [0.3, 0.4) is 0 Å². The standard InChI is InChI=1S/C22H24N6O3S/c1-27(32(30,31)18-11-6-3-7-12-18)16-21(29)25-14-8-13-20-19(15-23)22(24)28(26-20)17-9-4-2-5-10-17/h2-7,9-12H,8,13-14,16,24H2,1H3,(H,25,29). The molecule has 0 atom stereocenters. The van der Waals surface area contributed by atoms with Crippen molar-refractivity contribution in [3.05, 3.63) is 71.9 Å². The molecule has 0 radical (unpaired) electrons. The second kappa shape index (κ2) is 10.1. The summed E-state index contributed by atoms with van der Waals surface area (Å²) < 4.78 is 27.5. The van der Waals surface area contributed by atoms with Crippen LogP contribution in [0.4, 0.5) is 5.82 Å². The fourth-order valence-electron chi connectivity index (χ4n) is 3.14. The Morgan fingerprint density at radius 1 is 1.16 bits per heavy atom. The number of nitrogens with one attached hydrogen (secondary N) is 1. The number of para-hydroxylation sites is 1. The molecule has 0 aliphatic carbocycles.